The summed E-state index contributed by atoms with van der Waals surface area (Å²) in [6.45, 7) is 5.22. The molecule has 2 fully saturated rings. The standard InChI is InChI=1S/C22H31NO4/c1-16(2)27-19-9-7-17(14-20(19)26-3)8-10-21(24)23-13-12-22(25)11-5-4-6-18(22)15-23/h7-10,14,16,18,25H,4-6,11-13,15H2,1-3H3/b10-8+. The van der Waals surface area contributed by atoms with E-state index in [1.54, 1.807) is 13.2 Å². The Morgan fingerprint density at radius 3 is 2.85 bits per heavy atom. The first-order valence-corrected chi connectivity index (χ1v) is 9.95. The third kappa shape index (κ3) is 4.64. The topological polar surface area (TPSA) is 59.0 Å². The SMILES string of the molecule is COc1cc(/C=C/C(=O)N2CCC3(O)CCCCC3C2)ccc1OC(C)C. The maximum Gasteiger partial charge on any atom is 0.246 e. The van der Waals surface area contributed by atoms with E-state index in [0.29, 0.717) is 31.0 Å². The van der Waals surface area contributed by atoms with E-state index in [1.807, 2.05) is 43.0 Å². The van der Waals surface area contributed by atoms with E-state index in [-0.39, 0.29) is 17.9 Å². The first-order chi connectivity index (χ1) is 12.9. The normalized spacial score (nSPS) is 25.5. The van der Waals surface area contributed by atoms with Gasteiger partial charge in [-0.15, -0.1) is 0 Å². The number of hydrogen-bond acceptors (Lipinski definition) is 4. The number of piperidine rings is 1. The first-order valence-electron chi connectivity index (χ1n) is 9.95. The third-order valence-corrected chi connectivity index (χ3v) is 5.71. The van der Waals surface area contributed by atoms with Crippen LogP contribution in [0.4, 0.5) is 0 Å². The number of fused-ring (bicyclic) bond motifs is 1. The molecule has 1 N–H and O–H groups in total. The summed E-state index contributed by atoms with van der Waals surface area (Å²) in [5.41, 5.74) is 0.334. The molecule has 1 saturated heterocycles. The molecule has 27 heavy (non-hydrogen) atoms. The minimum atomic E-state index is -0.557. The average molecular weight is 373 g/mol. The molecule has 1 aromatic carbocycles. The number of hydrogen-bond donors (Lipinski definition) is 1. The molecule has 0 radical (unpaired) electrons. The maximum atomic E-state index is 12.6. The molecule has 2 aliphatic rings. The highest BCUT2D eigenvalue weighted by molar-refractivity contribution is 5.92. The highest BCUT2D eigenvalue weighted by atomic mass is 16.5. The number of ether oxygens (including phenoxy) is 2. The Kier molecular flexibility index (Phi) is 6.10. The van der Waals surface area contributed by atoms with E-state index >= 15 is 0 Å². The highest BCUT2D eigenvalue weighted by Crippen LogP contribution is 2.39. The minimum absolute atomic E-state index is 0.00379. The molecule has 1 aliphatic carbocycles. The highest BCUT2D eigenvalue weighted by Gasteiger charge is 2.43. The predicted molar refractivity (Wildman–Crippen MR) is 106 cm³/mol. The molecular weight excluding hydrogens is 342 g/mol. The van der Waals surface area contributed by atoms with Crippen LogP contribution >= 0.6 is 0 Å². The fourth-order valence-electron chi connectivity index (χ4n) is 4.18. The summed E-state index contributed by atoms with van der Waals surface area (Å²) < 4.78 is 11.1. The molecule has 5 heteroatoms. The van der Waals surface area contributed by atoms with Crippen molar-refractivity contribution in [2.24, 2.45) is 5.92 Å². The lowest BCUT2D eigenvalue weighted by molar-refractivity contribution is -0.138. The predicted octanol–water partition coefficient (Wildman–Crippen LogP) is 3.65. The summed E-state index contributed by atoms with van der Waals surface area (Å²) in [6.07, 6.45) is 8.32. The Labute approximate surface area is 162 Å². The van der Waals surface area contributed by atoms with Gasteiger partial charge in [0.05, 0.1) is 18.8 Å². The molecule has 1 saturated carbocycles. The van der Waals surface area contributed by atoms with Crippen molar-refractivity contribution in [3.63, 3.8) is 0 Å². The summed E-state index contributed by atoms with van der Waals surface area (Å²) in [6, 6.07) is 5.66. The van der Waals surface area contributed by atoms with E-state index in [2.05, 4.69) is 0 Å². The second kappa shape index (κ2) is 8.34. The summed E-state index contributed by atoms with van der Waals surface area (Å²) in [7, 11) is 1.61. The number of likely N-dealkylation sites (tertiary alicyclic amines) is 1. The average Bonchev–Trinajstić information content (AvgIpc) is 2.65. The van der Waals surface area contributed by atoms with Gasteiger partial charge in [0.15, 0.2) is 11.5 Å². The van der Waals surface area contributed by atoms with E-state index < -0.39 is 5.60 Å². The molecule has 5 nitrogen and oxygen atoms in total. The smallest absolute Gasteiger partial charge is 0.246 e. The number of amides is 1. The van der Waals surface area contributed by atoms with Crippen LogP contribution in [0.3, 0.4) is 0 Å². The Balaban J connectivity index is 1.64. The van der Waals surface area contributed by atoms with Gasteiger partial charge in [-0.2, -0.15) is 0 Å². The van der Waals surface area contributed by atoms with E-state index in [0.717, 1.165) is 31.2 Å². The fraction of sp³-hybridized carbons (Fsp3) is 0.591. The molecule has 1 aromatic rings. The number of nitrogens with zero attached hydrogens (tertiary/aromatic N) is 1. The molecule has 1 amide bonds. The van der Waals surface area contributed by atoms with Crippen LogP contribution in [0.2, 0.25) is 0 Å². The zero-order chi connectivity index (χ0) is 19.4. The van der Waals surface area contributed by atoms with Gasteiger partial charge in [-0.3, -0.25) is 4.79 Å². The Hall–Kier alpha value is -2.01. The van der Waals surface area contributed by atoms with Gasteiger partial charge in [0.2, 0.25) is 5.91 Å². The third-order valence-electron chi connectivity index (χ3n) is 5.71. The number of aliphatic hydroxyl groups is 1. The van der Waals surface area contributed by atoms with Crippen LogP contribution in [0, 0.1) is 5.92 Å². The Morgan fingerprint density at radius 2 is 2.11 bits per heavy atom. The molecule has 2 unspecified atom stereocenters. The summed E-state index contributed by atoms with van der Waals surface area (Å²) in [4.78, 5) is 14.5. The number of carbonyl (C=O) groups is 1. The van der Waals surface area contributed by atoms with Crippen LogP contribution in [0.5, 0.6) is 11.5 Å². The second-order valence-corrected chi connectivity index (χ2v) is 7.99. The maximum absolute atomic E-state index is 12.6. The number of carbonyl (C=O) groups excluding carboxylic acids is 1. The van der Waals surface area contributed by atoms with Crippen molar-refractivity contribution in [1.29, 1.82) is 0 Å². The van der Waals surface area contributed by atoms with Crippen LogP contribution in [0.25, 0.3) is 6.08 Å². The minimum Gasteiger partial charge on any atom is -0.493 e. The second-order valence-electron chi connectivity index (χ2n) is 7.99. The van der Waals surface area contributed by atoms with Gasteiger partial charge in [-0.1, -0.05) is 18.9 Å². The number of methoxy groups -OCH3 is 1. The molecule has 1 heterocycles. The van der Waals surface area contributed by atoms with Crippen molar-refractivity contribution < 1.29 is 19.4 Å². The quantitative estimate of drug-likeness (QED) is 0.801. The fourth-order valence-corrected chi connectivity index (χ4v) is 4.18. The Morgan fingerprint density at radius 1 is 1.30 bits per heavy atom. The molecule has 0 bridgehead atoms. The molecule has 0 aromatic heterocycles. The molecule has 1 aliphatic heterocycles. The van der Waals surface area contributed by atoms with Crippen LogP contribution in [0.1, 0.15) is 51.5 Å². The van der Waals surface area contributed by atoms with Crippen LogP contribution in [-0.2, 0) is 4.79 Å². The van der Waals surface area contributed by atoms with E-state index in [1.165, 1.54) is 0 Å². The van der Waals surface area contributed by atoms with Gasteiger partial charge in [0, 0.05) is 25.1 Å². The summed E-state index contributed by atoms with van der Waals surface area (Å²) in [5, 5.41) is 10.8. The van der Waals surface area contributed by atoms with Crippen molar-refractivity contribution in [2.75, 3.05) is 20.2 Å². The van der Waals surface area contributed by atoms with Crippen LogP contribution < -0.4 is 9.47 Å². The molecule has 148 valence electrons. The summed E-state index contributed by atoms with van der Waals surface area (Å²) in [5.74, 6) is 1.57. The van der Waals surface area contributed by atoms with Gasteiger partial charge >= 0.3 is 0 Å². The van der Waals surface area contributed by atoms with Crippen molar-refractivity contribution in [1.82, 2.24) is 4.90 Å². The number of benzene rings is 1. The van der Waals surface area contributed by atoms with E-state index in [9.17, 15) is 9.90 Å². The van der Waals surface area contributed by atoms with Gasteiger partial charge in [0.1, 0.15) is 0 Å². The lowest BCUT2D eigenvalue weighted by Gasteiger charge is -2.47. The largest absolute Gasteiger partial charge is 0.493 e. The monoisotopic (exact) mass is 373 g/mol. The molecule has 3 rings (SSSR count). The van der Waals surface area contributed by atoms with Crippen LogP contribution in [0.15, 0.2) is 24.3 Å². The lowest BCUT2D eigenvalue weighted by Crippen LogP contribution is -2.54. The van der Waals surface area contributed by atoms with Gasteiger partial charge in [0.25, 0.3) is 0 Å². The first kappa shape index (κ1) is 19.7. The molecular formula is C22H31NO4. The lowest BCUT2D eigenvalue weighted by atomic mass is 9.71. The summed E-state index contributed by atoms with van der Waals surface area (Å²) >= 11 is 0. The van der Waals surface area contributed by atoms with Crippen molar-refractivity contribution in [3.05, 3.63) is 29.8 Å². The molecule has 0 spiro atoms. The van der Waals surface area contributed by atoms with Crippen LogP contribution in [-0.4, -0.2) is 47.8 Å². The zero-order valence-electron chi connectivity index (χ0n) is 16.6. The molecule has 2 atom stereocenters. The van der Waals surface area contributed by atoms with Gasteiger partial charge in [-0.05, 0) is 56.9 Å². The van der Waals surface area contributed by atoms with E-state index in [4.69, 9.17) is 9.47 Å². The number of rotatable bonds is 5. The van der Waals surface area contributed by atoms with Gasteiger partial charge < -0.3 is 19.5 Å². The zero-order valence-corrected chi connectivity index (χ0v) is 16.6. The van der Waals surface area contributed by atoms with Gasteiger partial charge in [-0.25, -0.2) is 0 Å². The van der Waals surface area contributed by atoms with Crippen molar-refractivity contribution in [2.45, 2.75) is 57.7 Å². The van der Waals surface area contributed by atoms with Crippen molar-refractivity contribution >= 4 is 12.0 Å². The Bertz CT molecular complexity index is 700. The van der Waals surface area contributed by atoms with Crippen molar-refractivity contribution in [3.8, 4) is 11.5 Å².